The molecule has 1 aliphatic rings. The first-order chi connectivity index (χ1) is 8.56. The lowest BCUT2D eigenvalue weighted by molar-refractivity contribution is 0.193. The molecule has 1 saturated heterocycles. The molecule has 0 aromatic heterocycles. The number of likely N-dealkylation sites (tertiary alicyclic amines) is 1. The number of piperidine rings is 1. The van der Waals surface area contributed by atoms with Crippen molar-refractivity contribution in [2.75, 3.05) is 18.4 Å². The highest BCUT2D eigenvalue weighted by Crippen LogP contribution is 2.22. The Morgan fingerprint density at radius 2 is 2.11 bits per heavy atom. The molecular formula is C13H18ClN3O. The van der Waals surface area contributed by atoms with Crippen molar-refractivity contribution in [2.24, 2.45) is 5.73 Å². The van der Waals surface area contributed by atoms with Gasteiger partial charge >= 0.3 is 6.03 Å². The first kappa shape index (κ1) is 13.0. The van der Waals surface area contributed by atoms with E-state index in [1.54, 1.807) is 4.90 Å². The molecule has 0 bridgehead atoms. The molecule has 0 unspecified atom stereocenters. The van der Waals surface area contributed by atoms with Gasteiger partial charge in [0.2, 0.25) is 0 Å². The molecular weight excluding hydrogens is 250 g/mol. The van der Waals surface area contributed by atoms with Gasteiger partial charge in [-0.1, -0.05) is 11.6 Å². The van der Waals surface area contributed by atoms with E-state index in [1.165, 1.54) is 0 Å². The van der Waals surface area contributed by atoms with Gasteiger partial charge in [-0.25, -0.2) is 4.79 Å². The monoisotopic (exact) mass is 267 g/mol. The molecule has 2 amide bonds. The molecule has 98 valence electrons. The molecule has 0 radical (unpaired) electrons. The average Bonchev–Trinajstić information content (AvgIpc) is 2.33. The summed E-state index contributed by atoms with van der Waals surface area (Å²) in [6.07, 6.45) is 1.84. The Hall–Kier alpha value is -1.42. The number of carbonyl (C=O) groups is 1. The Labute approximate surface area is 112 Å². The van der Waals surface area contributed by atoms with Crippen molar-refractivity contribution in [2.45, 2.75) is 25.8 Å². The van der Waals surface area contributed by atoms with E-state index in [0.717, 1.165) is 42.2 Å². The van der Waals surface area contributed by atoms with Crippen LogP contribution in [0.4, 0.5) is 10.5 Å². The summed E-state index contributed by atoms with van der Waals surface area (Å²) < 4.78 is 0. The minimum absolute atomic E-state index is 0.323. The van der Waals surface area contributed by atoms with E-state index in [2.05, 4.69) is 5.32 Å². The number of hydrogen-bond donors (Lipinski definition) is 2. The number of nitrogens with two attached hydrogens (primary N) is 1. The van der Waals surface area contributed by atoms with Crippen LogP contribution in [0.2, 0.25) is 5.02 Å². The number of anilines is 1. The maximum Gasteiger partial charge on any atom is 0.314 e. The van der Waals surface area contributed by atoms with Crippen molar-refractivity contribution in [1.82, 2.24) is 4.90 Å². The van der Waals surface area contributed by atoms with Gasteiger partial charge in [0, 0.05) is 29.8 Å². The molecule has 2 rings (SSSR count). The molecule has 0 aliphatic carbocycles. The molecule has 1 heterocycles. The van der Waals surface area contributed by atoms with E-state index in [9.17, 15) is 4.79 Å². The molecule has 1 aromatic carbocycles. The van der Waals surface area contributed by atoms with Crippen LogP contribution in [0, 0.1) is 6.92 Å². The molecule has 5 heteroatoms. The number of halogens is 1. The molecule has 0 atom stereocenters. The quantitative estimate of drug-likeness (QED) is 0.865. The van der Waals surface area contributed by atoms with Crippen LogP contribution in [0.5, 0.6) is 0 Å². The van der Waals surface area contributed by atoms with Crippen LogP contribution in [-0.2, 0) is 0 Å². The molecule has 0 spiro atoms. The van der Waals surface area contributed by atoms with Crippen LogP contribution in [0.15, 0.2) is 18.2 Å². The number of nitrogens with one attached hydrogen (secondary N) is 1. The summed E-state index contributed by atoms with van der Waals surface area (Å²) in [6, 6.07) is 5.90. The van der Waals surface area contributed by atoms with Gasteiger partial charge in [0.25, 0.3) is 0 Å². The second kappa shape index (κ2) is 5.48. The van der Waals surface area contributed by atoms with E-state index < -0.39 is 0 Å². The van der Waals surface area contributed by atoms with Crippen molar-refractivity contribution in [3.8, 4) is 0 Å². The molecule has 1 fully saturated rings. The highest BCUT2D eigenvalue weighted by Gasteiger charge is 2.21. The minimum Gasteiger partial charge on any atom is -0.382 e. The molecule has 18 heavy (non-hydrogen) atoms. The Kier molecular flexibility index (Phi) is 3.97. The SMILES string of the molecule is Cc1cc(Cl)ccc1NC1CCN(C(N)=O)CC1. The fourth-order valence-electron chi connectivity index (χ4n) is 2.25. The van der Waals surface area contributed by atoms with Crippen LogP contribution in [-0.4, -0.2) is 30.1 Å². The van der Waals surface area contributed by atoms with Crippen molar-refractivity contribution < 1.29 is 4.79 Å². The summed E-state index contributed by atoms with van der Waals surface area (Å²) in [7, 11) is 0. The predicted molar refractivity (Wildman–Crippen MR) is 74.0 cm³/mol. The molecule has 1 aliphatic heterocycles. The smallest absolute Gasteiger partial charge is 0.314 e. The third-order valence-corrected chi connectivity index (χ3v) is 3.59. The molecule has 3 N–H and O–H groups in total. The molecule has 1 aromatic rings. The summed E-state index contributed by atoms with van der Waals surface area (Å²) in [5.74, 6) is 0. The second-order valence-corrected chi connectivity index (χ2v) is 5.14. The third kappa shape index (κ3) is 3.07. The average molecular weight is 268 g/mol. The Balaban J connectivity index is 1.93. The highest BCUT2D eigenvalue weighted by molar-refractivity contribution is 6.30. The van der Waals surface area contributed by atoms with Crippen molar-refractivity contribution in [3.05, 3.63) is 28.8 Å². The summed E-state index contributed by atoms with van der Waals surface area (Å²) in [5.41, 5.74) is 7.50. The summed E-state index contributed by atoms with van der Waals surface area (Å²) in [5, 5.41) is 4.25. The van der Waals surface area contributed by atoms with E-state index >= 15 is 0 Å². The van der Waals surface area contributed by atoms with Crippen LogP contribution in [0.1, 0.15) is 18.4 Å². The van der Waals surface area contributed by atoms with E-state index in [1.807, 2.05) is 25.1 Å². The lowest BCUT2D eigenvalue weighted by Gasteiger charge is -2.32. The number of aryl methyl sites for hydroxylation is 1. The van der Waals surface area contributed by atoms with Crippen LogP contribution < -0.4 is 11.1 Å². The maximum atomic E-state index is 11.0. The van der Waals surface area contributed by atoms with Gasteiger partial charge in [-0.15, -0.1) is 0 Å². The third-order valence-electron chi connectivity index (χ3n) is 3.35. The Morgan fingerprint density at radius 1 is 1.44 bits per heavy atom. The van der Waals surface area contributed by atoms with Gasteiger partial charge in [-0.05, 0) is 43.5 Å². The zero-order valence-corrected chi connectivity index (χ0v) is 11.2. The largest absolute Gasteiger partial charge is 0.382 e. The molecule has 0 saturated carbocycles. The summed E-state index contributed by atoms with van der Waals surface area (Å²) in [4.78, 5) is 12.7. The minimum atomic E-state index is -0.323. The Bertz CT molecular complexity index is 442. The van der Waals surface area contributed by atoms with Gasteiger partial charge in [0.1, 0.15) is 0 Å². The van der Waals surface area contributed by atoms with E-state index in [0.29, 0.717) is 6.04 Å². The first-order valence-corrected chi connectivity index (χ1v) is 6.51. The first-order valence-electron chi connectivity index (χ1n) is 6.13. The fraction of sp³-hybridized carbons (Fsp3) is 0.462. The number of carbonyl (C=O) groups excluding carboxylic acids is 1. The van der Waals surface area contributed by atoms with Gasteiger partial charge in [-0.3, -0.25) is 0 Å². The second-order valence-electron chi connectivity index (χ2n) is 4.70. The maximum absolute atomic E-state index is 11.0. The van der Waals surface area contributed by atoms with Crippen molar-refractivity contribution >= 4 is 23.3 Å². The number of rotatable bonds is 2. The molecule has 4 nitrogen and oxygen atoms in total. The van der Waals surface area contributed by atoms with Gasteiger partial charge in [0.05, 0.1) is 0 Å². The lowest BCUT2D eigenvalue weighted by Crippen LogP contribution is -2.44. The number of benzene rings is 1. The lowest BCUT2D eigenvalue weighted by atomic mass is 10.0. The number of amides is 2. The summed E-state index contributed by atoms with van der Waals surface area (Å²) in [6.45, 7) is 3.48. The number of nitrogens with zero attached hydrogens (tertiary/aromatic N) is 1. The van der Waals surface area contributed by atoms with Crippen LogP contribution in [0.25, 0.3) is 0 Å². The van der Waals surface area contributed by atoms with Crippen LogP contribution >= 0.6 is 11.6 Å². The number of urea groups is 1. The van der Waals surface area contributed by atoms with E-state index in [-0.39, 0.29) is 6.03 Å². The van der Waals surface area contributed by atoms with Crippen molar-refractivity contribution in [1.29, 1.82) is 0 Å². The van der Waals surface area contributed by atoms with Gasteiger partial charge < -0.3 is 16.0 Å². The standard InChI is InChI=1S/C13H18ClN3O/c1-9-8-10(14)2-3-12(9)16-11-4-6-17(7-5-11)13(15)18/h2-3,8,11,16H,4-7H2,1H3,(H2,15,18). The number of primary amides is 1. The topological polar surface area (TPSA) is 58.4 Å². The highest BCUT2D eigenvalue weighted by atomic mass is 35.5. The van der Waals surface area contributed by atoms with E-state index in [4.69, 9.17) is 17.3 Å². The van der Waals surface area contributed by atoms with Gasteiger partial charge in [0.15, 0.2) is 0 Å². The Morgan fingerprint density at radius 3 is 2.67 bits per heavy atom. The van der Waals surface area contributed by atoms with Crippen molar-refractivity contribution in [3.63, 3.8) is 0 Å². The zero-order valence-electron chi connectivity index (χ0n) is 10.4. The normalized spacial score (nSPS) is 16.7. The van der Waals surface area contributed by atoms with Crippen LogP contribution in [0.3, 0.4) is 0 Å². The predicted octanol–water partition coefficient (Wildman–Crippen LogP) is 2.60. The summed E-state index contributed by atoms with van der Waals surface area (Å²) >= 11 is 5.93. The fourth-order valence-corrected chi connectivity index (χ4v) is 2.48. The van der Waals surface area contributed by atoms with Gasteiger partial charge in [-0.2, -0.15) is 0 Å². The number of hydrogen-bond acceptors (Lipinski definition) is 2. The zero-order chi connectivity index (χ0) is 13.1.